The lowest BCUT2D eigenvalue weighted by molar-refractivity contribution is -0.173. The molecule has 0 radical (unpaired) electrons. The fourth-order valence-electron chi connectivity index (χ4n) is 3.53. The molecule has 158 valence electrons. The smallest absolute Gasteiger partial charge is 0.383 e. The van der Waals surface area contributed by atoms with Crippen molar-refractivity contribution in [3.05, 3.63) is 47.2 Å². The van der Waals surface area contributed by atoms with Crippen LogP contribution < -0.4 is 10.6 Å². The molecule has 0 saturated heterocycles. The number of carbonyl (C=O) groups excluding carboxylic acids is 1. The number of fused-ring (bicyclic) bond motifs is 1. The van der Waals surface area contributed by atoms with E-state index in [4.69, 9.17) is 4.74 Å². The van der Waals surface area contributed by atoms with E-state index in [1.807, 2.05) is 31.2 Å². The number of amides is 1. The molecule has 0 unspecified atom stereocenters. The van der Waals surface area contributed by atoms with E-state index in [1.54, 1.807) is 6.92 Å². The fraction of sp³-hybridized carbons (Fsp3) is 0.500. The normalized spacial score (nSPS) is 19.9. The van der Waals surface area contributed by atoms with Gasteiger partial charge >= 0.3 is 6.18 Å². The number of aromatic nitrogens is 2. The highest BCUT2D eigenvalue weighted by Crippen LogP contribution is 2.44. The highest BCUT2D eigenvalue weighted by Gasteiger charge is 2.47. The third-order valence-corrected chi connectivity index (χ3v) is 5.07. The van der Waals surface area contributed by atoms with Crippen molar-refractivity contribution in [1.82, 2.24) is 15.1 Å². The van der Waals surface area contributed by atoms with Crippen LogP contribution in [0.5, 0.6) is 0 Å². The summed E-state index contributed by atoms with van der Waals surface area (Å²) in [5.74, 6) is -0.420. The number of nitrogens with zero attached hydrogens (tertiary/aromatic N) is 2. The van der Waals surface area contributed by atoms with Crippen molar-refractivity contribution in [3.63, 3.8) is 0 Å². The molecular formula is C20H25F3N4O2. The van der Waals surface area contributed by atoms with Gasteiger partial charge in [0, 0.05) is 19.6 Å². The summed E-state index contributed by atoms with van der Waals surface area (Å²) in [6.45, 7) is 4.06. The van der Waals surface area contributed by atoms with E-state index in [0.29, 0.717) is 6.61 Å². The number of halogens is 3. The largest absolute Gasteiger partial charge is 0.410 e. The van der Waals surface area contributed by atoms with Gasteiger partial charge in [0.25, 0.3) is 5.91 Å². The van der Waals surface area contributed by atoms with Gasteiger partial charge in [-0.3, -0.25) is 4.79 Å². The average molecular weight is 410 g/mol. The number of methoxy groups -OCH3 is 1. The molecule has 2 heterocycles. The van der Waals surface area contributed by atoms with Gasteiger partial charge in [0.2, 0.25) is 0 Å². The third-order valence-electron chi connectivity index (χ3n) is 5.07. The van der Waals surface area contributed by atoms with Crippen LogP contribution in [0.4, 0.5) is 19.0 Å². The van der Waals surface area contributed by atoms with Crippen LogP contribution in [0.25, 0.3) is 0 Å². The van der Waals surface area contributed by atoms with Crippen molar-refractivity contribution in [2.24, 2.45) is 0 Å². The zero-order valence-corrected chi connectivity index (χ0v) is 16.6. The summed E-state index contributed by atoms with van der Waals surface area (Å²) in [5.41, 5.74) is 1.93. The van der Waals surface area contributed by atoms with Crippen LogP contribution in [0.1, 0.15) is 53.8 Å². The molecule has 0 spiro atoms. The van der Waals surface area contributed by atoms with Crippen LogP contribution in [-0.4, -0.2) is 41.6 Å². The summed E-state index contributed by atoms with van der Waals surface area (Å²) in [4.78, 5) is 12.6. The Morgan fingerprint density at radius 1 is 1.38 bits per heavy atom. The van der Waals surface area contributed by atoms with E-state index in [1.165, 1.54) is 13.3 Å². The topological polar surface area (TPSA) is 68.2 Å². The van der Waals surface area contributed by atoms with Crippen LogP contribution in [0.15, 0.2) is 30.5 Å². The van der Waals surface area contributed by atoms with Crippen LogP contribution in [0.3, 0.4) is 0 Å². The molecule has 1 aromatic carbocycles. The first-order valence-electron chi connectivity index (χ1n) is 9.54. The Kier molecular flexibility index (Phi) is 6.16. The molecule has 0 fully saturated rings. The van der Waals surface area contributed by atoms with Gasteiger partial charge in [-0.1, -0.05) is 31.2 Å². The number of aryl methyl sites for hydroxylation is 1. The van der Waals surface area contributed by atoms with Crippen molar-refractivity contribution in [2.75, 3.05) is 19.0 Å². The highest BCUT2D eigenvalue weighted by atomic mass is 19.4. The Morgan fingerprint density at radius 2 is 2.07 bits per heavy atom. The standard InChI is InChI=1S/C20H25F3N4O2/c1-4-13-5-7-14(8-6-13)16-9-17(20(21,22)23)27-18(26-16)15(10-24-27)19(28)25-12(2)11-29-3/h5-8,10,12,16-17,26H,4,9,11H2,1-3H3,(H,25,28)/t12-,16-,17+/m0/s1. The van der Waals surface area contributed by atoms with E-state index in [9.17, 15) is 18.0 Å². The molecule has 3 atom stereocenters. The van der Waals surface area contributed by atoms with Crippen molar-refractivity contribution in [1.29, 1.82) is 0 Å². The minimum Gasteiger partial charge on any atom is -0.383 e. The van der Waals surface area contributed by atoms with Crippen molar-refractivity contribution in [2.45, 2.75) is 51.0 Å². The number of nitrogens with one attached hydrogen (secondary N) is 2. The predicted molar refractivity (Wildman–Crippen MR) is 103 cm³/mol. The Morgan fingerprint density at radius 3 is 2.66 bits per heavy atom. The quantitative estimate of drug-likeness (QED) is 0.759. The third kappa shape index (κ3) is 4.55. The molecule has 2 aromatic rings. The molecule has 2 N–H and O–H groups in total. The lowest BCUT2D eigenvalue weighted by Crippen LogP contribution is -2.38. The molecule has 9 heteroatoms. The molecule has 0 saturated carbocycles. The van der Waals surface area contributed by atoms with Gasteiger partial charge in [-0.2, -0.15) is 18.3 Å². The van der Waals surface area contributed by atoms with Gasteiger partial charge < -0.3 is 15.4 Å². The minimum atomic E-state index is -4.48. The maximum absolute atomic E-state index is 13.7. The Bertz CT molecular complexity index is 848. The zero-order valence-electron chi connectivity index (χ0n) is 16.6. The minimum absolute atomic E-state index is 0.0743. The molecule has 1 amide bonds. The second-order valence-electron chi connectivity index (χ2n) is 7.27. The van der Waals surface area contributed by atoms with Crippen LogP contribution >= 0.6 is 0 Å². The van der Waals surface area contributed by atoms with E-state index in [0.717, 1.165) is 22.2 Å². The Labute approximate surface area is 167 Å². The number of benzene rings is 1. The average Bonchev–Trinajstić information content (AvgIpc) is 3.10. The van der Waals surface area contributed by atoms with Crippen LogP contribution in [-0.2, 0) is 11.2 Å². The van der Waals surface area contributed by atoms with E-state index in [2.05, 4.69) is 15.7 Å². The fourth-order valence-corrected chi connectivity index (χ4v) is 3.53. The molecule has 6 nitrogen and oxygen atoms in total. The van der Waals surface area contributed by atoms with Gasteiger partial charge in [0.1, 0.15) is 11.4 Å². The lowest BCUT2D eigenvalue weighted by atomic mass is 9.95. The monoisotopic (exact) mass is 410 g/mol. The summed E-state index contributed by atoms with van der Waals surface area (Å²) in [6, 6.07) is 4.79. The summed E-state index contributed by atoms with van der Waals surface area (Å²) >= 11 is 0. The van der Waals surface area contributed by atoms with Crippen molar-refractivity contribution in [3.8, 4) is 0 Å². The molecular weight excluding hydrogens is 385 g/mol. The first-order valence-corrected chi connectivity index (χ1v) is 9.54. The first-order chi connectivity index (χ1) is 13.7. The number of alkyl halides is 3. The lowest BCUT2D eigenvalue weighted by Gasteiger charge is -2.34. The molecule has 1 aromatic heterocycles. The number of ether oxygens (including phenoxy) is 1. The van der Waals surface area contributed by atoms with Gasteiger partial charge in [0.05, 0.1) is 18.8 Å². The highest BCUT2D eigenvalue weighted by molar-refractivity contribution is 5.99. The number of anilines is 1. The van der Waals surface area contributed by atoms with Gasteiger partial charge in [0.15, 0.2) is 6.04 Å². The second kappa shape index (κ2) is 8.44. The summed E-state index contributed by atoms with van der Waals surface area (Å²) < 4.78 is 47.1. The van der Waals surface area contributed by atoms with Crippen LogP contribution in [0, 0.1) is 0 Å². The summed E-state index contributed by atoms with van der Waals surface area (Å²) in [6.07, 6.45) is -2.66. The van der Waals surface area contributed by atoms with Crippen molar-refractivity contribution >= 4 is 11.7 Å². The summed E-state index contributed by atoms with van der Waals surface area (Å²) in [7, 11) is 1.51. The number of hydrogen-bond donors (Lipinski definition) is 2. The Balaban J connectivity index is 1.93. The summed E-state index contributed by atoms with van der Waals surface area (Å²) in [5, 5.41) is 9.69. The van der Waals surface area contributed by atoms with E-state index in [-0.39, 0.29) is 23.8 Å². The van der Waals surface area contributed by atoms with Gasteiger partial charge in [-0.05, 0) is 24.5 Å². The molecule has 29 heavy (non-hydrogen) atoms. The molecule has 1 aliphatic rings. The molecule has 3 rings (SSSR count). The van der Waals surface area contributed by atoms with Gasteiger partial charge in [-0.15, -0.1) is 0 Å². The maximum Gasteiger partial charge on any atom is 0.410 e. The molecule has 0 aliphatic carbocycles. The molecule has 0 bridgehead atoms. The maximum atomic E-state index is 13.7. The first kappa shape index (κ1) is 21.2. The second-order valence-corrected chi connectivity index (χ2v) is 7.27. The van der Waals surface area contributed by atoms with Gasteiger partial charge in [-0.25, -0.2) is 4.68 Å². The van der Waals surface area contributed by atoms with E-state index < -0.39 is 24.2 Å². The number of rotatable bonds is 6. The van der Waals surface area contributed by atoms with E-state index >= 15 is 0 Å². The number of hydrogen-bond acceptors (Lipinski definition) is 4. The van der Waals surface area contributed by atoms with Crippen molar-refractivity contribution < 1.29 is 22.7 Å². The SMILES string of the molecule is CCc1ccc([C@@H]2C[C@H](C(F)(F)F)n3ncc(C(=O)N[C@@H](C)COC)c3N2)cc1. The number of carbonyl (C=O) groups is 1. The Hall–Kier alpha value is -2.55. The predicted octanol–water partition coefficient (Wildman–Crippen LogP) is 3.87. The zero-order chi connectivity index (χ0) is 21.2. The van der Waals surface area contributed by atoms with Crippen LogP contribution in [0.2, 0.25) is 0 Å². The molecule has 1 aliphatic heterocycles.